The van der Waals surface area contributed by atoms with E-state index in [2.05, 4.69) is 4.98 Å². The van der Waals surface area contributed by atoms with Crippen LogP contribution in [0.4, 0.5) is 13.2 Å². The third-order valence-corrected chi connectivity index (χ3v) is 5.44. The number of nitrogens with zero attached hydrogens (tertiary/aromatic N) is 2. The number of carbonyl (C=O) groups is 1. The first-order chi connectivity index (χ1) is 14.9. The Morgan fingerprint density at radius 1 is 0.968 bits per heavy atom. The number of carbonyl (C=O) groups excluding carboxylic acids is 1. The second-order valence-electron chi connectivity index (χ2n) is 7.45. The van der Waals surface area contributed by atoms with Gasteiger partial charge in [-0.05, 0) is 24.3 Å². The molecular formula is C23H17F3N2O3. The number of aromatic nitrogens is 1. The van der Waals surface area contributed by atoms with Gasteiger partial charge in [0.05, 0.1) is 19.0 Å². The summed E-state index contributed by atoms with van der Waals surface area (Å²) in [5.41, 5.74) is 0.603. The summed E-state index contributed by atoms with van der Waals surface area (Å²) >= 11 is 0. The standard InChI is InChI=1S/C23H17F3N2O3/c24-23(25,26)17-8-5-11-27-21(17)30-14-12-28(13-14)22(29)20-15-6-1-3-9-18(15)31-19-10-4-2-7-16(19)20/h1-11,14,20H,12-13H2. The van der Waals surface area contributed by atoms with Crippen molar-refractivity contribution in [2.45, 2.75) is 18.2 Å². The van der Waals surface area contributed by atoms with Crippen molar-refractivity contribution in [1.82, 2.24) is 9.88 Å². The van der Waals surface area contributed by atoms with Crippen LogP contribution in [-0.2, 0) is 11.0 Å². The lowest BCUT2D eigenvalue weighted by Gasteiger charge is -2.41. The minimum absolute atomic E-state index is 0.139. The molecule has 5 nitrogen and oxygen atoms in total. The van der Waals surface area contributed by atoms with E-state index in [1.807, 2.05) is 48.5 Å². The monoisotopic (exact) mass is 426 g/mol. The van der Waals surface area contributed by atoms with Crippen molar-refractivity contribution < 1.29 is 27.4 Å². The van der Waals surface area contributed by atoms with E-state index in [1.54, 1.807) is 4.90 Å². The van der Waals surface area contributed by atoms with Crippen LogP contribution >= 0.6 is 0 Å². The molecule has 158 valence electrons. The van der Waals surface area contributed by atoms with Crippen LogP contribution in [0.25, 0.3) is 0 Å². The van der Waals surface area contributed by atoms with Crippen LogP contribution in [0.1, 0.15) is 22.6 Å². The van der Waals surface area contributed by atoms with Gasteiger partial charge in [0.1, 0.15) is 23.2 Å². The zero-order valence-corrected chi connectivity index (χ0v) is 16.2. The summed E-state index contributed by atoms with van der Waals surface area (Å²) in [6, 6.07) is 16.8. The number of ether oxygens (including phenoxy) is 2. The van der Waals surface area contributed by atoms with Crippen molar-refractivity contribution in [2.75, 3.05) is 13.1 Å². The van der Waals surface area contributed by atoms with Gasteiger partial charge >= 0.3 is 6.18 Å². The SMILES string of the molecule is O=C(C1c2ccccc2Oc2ccccc21)N1CC(Oc2ncccc2C(F)(F)F)C1. The molecule has 8 heteroatoms. The highest BCUT2D eigenvalue weighted by Gasteiger charge is 2.42. The predicted molar refractivity (Wildman–Crippen MR) is 105 cm³/mol. The Labute approximate surface area is 176 Å². The van der Waals surface area contributed by atoms with Crippen LogP contribution in [0.15, 0.2) is 66.9 Å². The molecule has 3 aromatic rings. The Bertz CT molecular complexity index is 1100. The molecule has 1 aromatic heterocycles. The van der Waals surface area contributed by atoms with Gasteiger partial charge in [-0.25, -0.2) is 4.98 Å². The number of benzene rings is 2. The number of likely N-dealkylation sites (tertiary alicyclic amines) is 1. The molecule has 2 aliphatic rings. The molecule has 0 spiro atoms. The van der Waals surface area contributed by atoms with Gasteiger partial charge in [0.25, 0.3) is 0 Å². The van der Waals surface area contributed by atoms with E-state index in [-0.39, 0.29) is 19.0 Å². The maximum Gasteiger partial charge on any atom is 0.421 e. The van der Waals surface area contributed by atoms with Crippen molar-refractivity contribution in [1.29, 1.82) is 0 Å². The number of para-hydroxylation sites is 2. The Balaban J connectivity index is 1.34. The van der Waals surface area contributed by atoms with E-state index in [0.717, 1.165) is 17.2 Å². The summed E-state index contributed by atoms with van der Waals surface area (Å²) in [5.74, 6) is 0.101. The van der Waals surface area contributed by atoms with Crippen LogP contribution < -0.4 is 9.47 Å². The quantitative estimate of drug-likeness (QED) is 0.613. The molecule has 0 saturated carbocycles. The summed E-state index contributed by atoms with van der Waals surface area (Å²) in [5, 5.41) is 0. The fourth-order valence-corrected chi connectivity index (χ4v) is 3.91. The van der Waals surface area contributed by atoms with Gasteiger partial charge in [-0.1, -0.05) is 36.4 Å². The maximum atomic E-state index is 13.3. The molecule has 0 unspecified atom stereocenters. The second-order valence-corrected chi connectivity index (χ2v) is 7.45. The fraction of sp³-hybridized carbons (Fsp3) is 0.217. The lowest BCUT2D eigenvalue weighted by atomic mass is 9.86. The van der Waals surface area contributed by atoms with E-state index in [9.17, 15) is 18.0 Å². The van der Waals surface area contributed by atoms with Crippen molar-refractivity contribution in [3.05, 3.63) is 83.6 Å². The number of alkyl halides is 3. The molecule has 1 amide bonds. The van der Waals surface area contributed by atoms with Crippen LogP contribution in [0, 0.1) is 0 Å². The molecule has 0 bridgehead atoms. The normalized spacial score (nSPS) is 16.0. The minimum atomic E-state index is -4.56. The molecule has 1 fully saturated rings. The average molecular weight is 426 g/mol. The maximum absolute atomic E-state index is 13.3. The van der Waals surface area contributed by atoms with E-state index < -0.39 is 29.6 Å². The smallest absolute Gasteiger partial charge is 0.421 e. The molecular weight excluding hydrogens is 409 g/mol. The van der Waals surface area contributed by atoms with E-state index in [0.29, 0.717) is 11.5 Å². The third-order valence-electron chi connectivity index (χ3n) is 5.44. The van der Waals surface area contributed by atoms with Crippen molar-refractivity contribution in [2.24, 2.45) is 0 Å². The fourth-order valence-electron chi connectivity index (χ4n) is 3.91. The molecule has 3 heterocycles. The Hall–Kier alpha value is -3.55. The van der Waals surface area contributed by atoms with Crippen LogP contribution in [-0.4, -0.2) is 35.0 Å². The Morgan fingerprint density at radius 3 is 2.19 bits per heavy atom. The molecule has 0 N–H and O–H groups in total. The van der Waals surface area contributed by atoms with Gasteiger partial charge in [-0.2, -0.15) is 13.2 Å². The third kappa shape index (κ3) is 3.48. The van der Waals surface area contributed by atoms with Crippen LogP contribution in [0.5, 0.6) is 17.4 Å². The van der Waals surface area contributed by atoms with Gasteiger partial charge in [0, 0.05) is 17.3 Å². The summed E-state index contributed by atoms with van der Waals surface area (Å²) < 4.78 is 50.9. The summed E-state index contributed by atoms with van der Waals surface area (Å²) in [6.07, 6.45) is -3.86. The largest absolute Gasteiger partial charge is 0.470 e. The molecule has 2 aromatic carbocycles. The number of rotatable bonds is 3. The van der Waals surface area contributed by atoms with E-state index in [4.69, 9.17) is 9.47 Å². The number of hydrogen-bond donors (Lipinski definition) is 0. The molecule has 2 aliphatic heterocycles. The first-order valence-corrected chi connectivity index (χ1v) is 9.75. The number of hydrogen-bond acceptors (Lipinski definition) is 4. The molecule has 0 radical (unpaired) electrons. The van der Waals surface area contributed by atoms with Crippen molar-refractivity contribution in [3.63, 3.8) is 0 Å². The van der Waals surface area contributed by atoms with Gasteiger partial charge in [0.2, 0.25) is 11.8 Å². The van der Waals surface area contributed by atoms with Crippen molar-refractivity contribution >= 4 is 5.91 Å². The molecule has 0 atom stereocenters. The van der Waals surface area contributed by atoms with Gasteiger partial charge < -0.3 is 14.4 Å². The number of pyridine rings is 1. The van der Waals surface area contributed by atoms with Crippen molar-refractivity contribution in [3.8, 4) is 17.4 Å². The number of fused-ring (bicyclic) bond motifs is 2. The summed E-state index contributed by atoms with van der Waals surface area (Å²) in [7, 11) is 0. The predicted octanol–water partition coefficient (Wildman–Crippen LogP) is 4.63. The van der Waals surface area contributed by atoms with Gasteiger partial charge in [-0.3, -0.25) is 4.79 Å². The minimum Gasteiger partial charge on any atom is -0.470 e. The average Bonchev–Trinajstić information content (AvgIpc) is 2.73. The highest BCUT2D eigenvalue weighted by molar-refractivity contribution is 5.90. The van der Waals surface area contributed by atoms with Gasteiger partial charge in [0.15, 0.2) is 0 Å². The molecule has 5 rings (SSSR count). The summed E-state index contributed by atoms with van der Waals surface area (Å²) in [4.78, 5) is 18.7. The highest BCUT2D eigenvalue weighted by Crippen LogP contribution is 2.45. The lowest BCUT2D eigenvalue weighted by Crippen LogP contribution is -2.57. The second kappa shape index (κ2) is 7.30. The first-order valence-electron chi connectivity index (χ1n) is 9.75. The number of amides is 1. The highest BCUT2D eigenvalue weighted by atomic mass is 19.4. The topological polar surface area (TPSA) is 51.7 Å². The molecule has 1 saturated heterocycles. The number of halogens is 3. The van der Waals surface area contributed by atoms with Crippen LogP contribution in [0.3, 0.4) is 0 Å². The Morgan fingerprint density at radius 2 is 1.58 bits per heavy atom. The van der Waals surface area contributed by atoms with E-state index >= 15 is 0 Å². The van der Waals surface area contributed by atoms with E-state index in [1.165, 1.54) is 12.3 Å². The molecule has 31 heavy (non-hydrogen) atoms. The zero-order chi connectivity index (χ0) is 21.6. The van der Waals surface area contributed by atoms with Crippen LogP contribution in [0.2, 0.25) is 0 Å². The van der Waals surface area contributed by atoms with Gasteiger partial charge in [-0.15, -0.1) is 0 Å². The molecule has 0 aliphatic carbocycles. The summed E-state index contributed by atoms with van der Waals surface area (Å²) in [6.45, 7) is 0.378. The zero-order valence-electron chi connectivity index (χ0n) is 16.2. The first kappa shape index (κ1) is 19.4. The lowest BCUT2D eigenvalue weighted by molar-refractivity contribution is -0.145. The Kier molecular flexibility index (Phi) is 4.57.